The molecule has 2 rings (SSSR count). The van der Waals surface area contributed by atoms with Crippen molar-refractivity contribution in [1.82, 2.24) is 0 Å². The number of carbonyl (C=O) groups is 3. The number of ether oxygens (including phenoxy) is 1. The second-order valence-corrected chi connectivity index (χ2v) is 5.77. The van der Waals surface area contributed by atoms with Gasteiger partial charge in [-0.1, -0.05) is 32.0 Å². The van der Waals surface area contributed by atoms with Crippen LogP contribution in [-0.4, -0.2) is 24.1 Å². The summed E-state index contributed by atoms with van der Waals surface area (Å²) < 4.78 is 5.08. The Morgan fingerprint density at radius 3 is 2.41 bits per heavy atom. The maximum atomic E-state index is 13.0. The molecule has 0 heterocycles. The molecule has 1 aliphatic carbocycles. The highest BCUT2D eigenvalue weighted by Crippen LogP contribution is 2.45. The standard InChI is InChI=1S/C18H22O4/c1-5-11-9-8-10-12-14(11)16(20)18(4,15(12)19)13(6-2)17(21)22-7-3/h8-10,13H,5-7H2,1-4H3. The lowest BCUT2D eigenvalue weighted by Gasteiger charge is -2.28. The van der Waals surface area contributed by atoms with Crippen molar-refractivity contribution >= 4 is 17.5 Å². The van der Waals surface area contributed by atoms with E-state index in [0.29, 0.717) is 24.0 Å². The molecule has 0 aliphatic heterocycles. The SMILES string of the molecule is CCOC(=O)C(CC)C1(C)C(=O)c2cccc(CC)c2C1=O. The average Bonchev–Trinajstić information content (AvgIpc) is 2.71. The average molecular weight is 302 g/mol. The number of carbonyl (C=O) groups excluding carboxylic acids is 3. The zero-order valence-corrected chi connectivity index (χ0v) is 13.6. The first-order valence-electron chi connectivity index (χ1n) is 7.81. The van der Waals surface area contributed by atoms with Gasteiger partial charge in [0.05, 0.1) is 12.5 Å². The Morgan fingerprint density at radius 2 is 1.86 bits per heavy atom. The van der Waals surface area contributed by atoms with Crippen LogP contribution in [0.4, 0.5) is 0 Å². The topological polar surface area (TPSA) is 60.4 Å². The number of hydrogen-bond acceptors (Lipinski definition) is 4. The summed E-state index contributed by atoms with van der Waals surface area (Å²) in [7, 11) is 0. The van der Waals surface area contributed by atoms with Crippen molar-refractivity contribution in [2.45, 2.75) is 40.5 Å². The highest BCUT2D eigenvalue weighted by Gasteiger charge is 2.56. The maximum absolute atomic E-state index is 13.0. The van der Waals surface area contributed by atoms with Crippen LogP contribution >= 0.6 is 0 Å². The van der Waals surface area contributed by atoms with E-state index in [1.807, 2.05) is 13.0 Å². The van der Waals surface area contributed by atoms with Crippen LogP contribution in [0, 0.1) is 11.3 Å². The second kappa shape index (κ2) is 6.03. The summed E-state index contributed by atoms with van der Waals surface area (Å²) in [6.07, 6.45) is 1.07. The highest BCUT2D eigenvalue weighted by atomic mass is 16.5. The first kappa shape index (κ1) is 16.4. The van der Waals surface area contributed by atoms with Gasteiger partial charge in [-0.15, -0.1) is 0 Å². The minimum Gasteiger partial charge on any atom is -0.466 e. The molecule has 1 aromatic rings. The van der Waals surface area contributed by atoms with E-state index in [1.165, 1.54) is 0 Å². The molecule has 2 atom stereocenters. The number of rotatable bonds is 5. The molecule has 118 valence electrons. The van der Waals surface area contributed by atoms with Crippen molar-refractivity contribution in [2.75, 3.05) is 6.61 Å². The number of hydrogen-bond donors (Lipinski definition) is 0. The number of esters is 1. The maximum Gasteiger partial charge on any atom is 0.310 e. The summed E-state index contributed by atoms with van der Waals surface area (Å²) in [6.45, 7) is 7.29. The van der Waals surface area contributed by atoms with Gasteiger partial charge in [-0.3, -0.25) is 14.4 Å². The Kier molecular flexibility index (Phi) is 4.50. The molecule has 0 saturated carbocycles. The van der Waals surface area contributed by atoms with Crippen LogP contribution in [0.15, 0.2) is 18.2 Å². The smallest absolute Gasteiger partial charge is 0.310 e. The van der Waals surface area contributed by atoms with Gasteiger partial charge in [0, 0.05) is 11.1 Å². The third-order valence-electron chi connectivity index (χ3n) is 4.62. The van der Waals surface area contributed by atoms with E-state index in [2.05, 4.69) is 0 Å². The normalized spacial score (nSPS) is 21.6. The quantitative estimate of drug-likeness (QED) is 0.619. The van der Waals surface area contributed by atoms with E-state index in [1.54, 1.807) is 32.9 Å². The lowest BCUT2D eigenvalue weighted by molar-refractivity contribution is -0.150. The predicted molar refractivity (Wildman–Crippen MR) is 83.0 cm³/mol. The fraction of sp³-hybridized carbons (Fsp3) is 0.500. The van der Waals surface area contributed by atoms with Gasteiger partial charge < -0.3 is 4.74 Å². The van der Waals surface area contributed by atoms with Gasteiger partial charge in [0.25, 0.3) is 0 Å². The minimum atomic E-state index is -1.35. The number of Topliss-reactive ketones (excluding diaryl/α,β-unsaturated/α-hetero) is 2. The minimum absolute atomic E-state index is 0.237. The molecule has 0 radical (unpaired) electrons. The Labute approximate surface area is 130 Å². The molecule has 2 unspecified atom stereocenters. The van der Waals surface area contributed by atoms with E-state index >= 15 is 0 Å². The molecule has 0 fully saturated rings. The van der Waals surface area contributed by atoms with Crippen molar-refractivity contribution in [1.29, 1.82) is 0 Å². The molecular weight excluding hydrogens is 280 g/mol. The molecule has 0 spiro atoms. The van der Waals surface area contributed by atoms with Crippen LogP contribution in [-0.2, 0) is 16.0 Å². The van der Waals surface area contributed by atoms with Crippen molar-refractivity contribution in [2.24, 2.45) is 11.3 Å². The van der Waals surface area contributed by atoms with Gasteiger partial charge in [-0.2, -0.15) is 0 Å². The van der Waals surface area contributed by atoms with Gasteiger partial charge in [-0.25, -0.2) is 0 Å². The van der Waals surface area contributed by atoms with E-state index in [4.69, 9.17) is 4.74 Å². The molecule has 1 aliphatic rings. The fourth-order valence-electron chi connectivity index (χ4n) is 3.36. The third-order valence-corrected chi connectivity index (χ3v) is 4.62. The van der Waals surface area contributed by atoms with Crippen molar-refractivity contribution in [3.8, 4) is 0 Å². The van der Waals surface area contributed by atoms with Crippen LogP contribution in [0.2, 0.25) is 0 Å². The van der Waals surface area contributed by atoms with Gasteiger partial charge >= 0.3 is 5.97 Å². The molecule has 22 heavy (non-hydrogen) atoms. The lowest BCUT2D eigenvalue weighted by Crippen LogP contribution is -2.42. The van der Waals surface area contributed by atoms with E-state index in [9.17, 15) is 14.4 Å². The molecule has 4 nitrogen and oxygen atoms in total. The first-order chi connectivity index (χ1) is 10.4. The van der Waals surface area contributed by atoms with Gasteiger partial charge in [0.2, 0.25) is 0 Å². The second-order valence-electron chi connectivity index (χ2n) is 5.77. The summed E-state index contributed by atoms with van der Waals surface area (Å²) in [5, 5.41) is 0. The Balaban J connectivity index is 2.56. The third kappa shape index (κ3) is 2.18. The zero-order chi connectivity index (χ0) is 16.5. The predicted octanol–water partition coefficient (Wildman–Crippen LogP) is 3.22. The number of ketones is 2. The summed E-state index contributed by atoms with van der Waals surface area (Å²) in [4.78, 5) is 38.1. The van der Waals surface area contributed by atoms with Gasteiger partial charge in [0.15, 0.2) is 11.6 Å². The summed E-state index contributed by atoms with van der Waals surface area (Å²) in [5.74, 6) is -1.72. The zero-order valence-electron chi connectivity index (χ0n) is 13.6. The largest absolute Gasteiger partial charge is 0.466 e. The van der Waals surface area contributed by atoms with Crippen molar-refractivity contribution in [3.63, 3.8) is 0 Å². The fourth-order valence-corrected chi connectivity index (χ4v) is 3.36. The summed E-state index contributed by atoms with van der Waals surface area (Å²) >= 11 is 0. The molecule has 1 aromatic carbocycles. The number of aryl methyl sites for hydroxylation is 1. The summed E-state index contributed by atoms with van der Waals surface area (Å²) in [6, 6.07) is 5.33. The van der Waals surface area contributed by atoms with Gasteiger partial charge in [0.1, 0.15) is 5.41 Å². The molecule has 0 aromatic heterocycles. The molecule has 0 saturated heterocycles. The van der Waals surface area contributed by atoms with Crippen LogP contribution < -0.4 is 0 Å². The van der Waals surface area contributed by atoms with Crippen LogP contribution in [0.3, 0.4) is 0 Å². The Morgan fingerprint density at radius 1 is 1.18 bits per heavy atom. The van der Waals surface area contributed by atoms with E-state index in [-0.39, 0.29) is 18.2 Å². The van der Waals surface area contributed by atoms with Crippen molar-refractivity contribution in [3.05, 3.63) is 34.9 Å². The van der Waals surface area contributed by atoms with Gasteiger partial charge in [-0.05, 0) is 32.3 Å². The van der Waals surface area contributed by atoms with Crippen LogP contribution in [0.25, 0.3) is 0 Å². The molecule has 4 heteroatoms. The van der Waals surface area contributed by atoms with E-state index < -0.39 is 17.3 Å². The lowest BCUT2D eigenvalue weighted by atomic mass is 9.71. The number of benzene rings is 1. The molecular formula is C18H22O4. The summed E-state index contributed by atoms with van der Waals surface area (Å²) in [5.41, 5.74) is 0.433. The van der Waals surface area contributed by atoms with Crippen LogP contribution in [0.1, 0.15) is 60.4 Å². The highest BCUT2D eigenvalue weighted by molar-refractivity contribution is 6.31. The van der Waals surface area contributed by atoms with Crippen LogP contribution in [0.5, 0.6) is 0 Å². The molecule has 0 bridgehead atoms. The monoisotopic (exact) mass is 302 g/mol. The Hall–Kier alpha value is -1.97. The van der Waals surface area contributed by atoms with E-state index in [0.717, 1.165) is 5.56 Å². The first-order valence-corrected chi connectivity index (χ1v) is 7.81. The van der Waals surface area contributed by atoms with Crippen molar-refractivity contribution < 1.29 is 19.1 Å². The molecule has 0 amide bonds. The molecule has 0 N–H and O–H groups in total. The number of fused-ring (bicyclic) bond motifs is 1. The Bertz CT molecular complexity index is 632.